The van der Waals surface area contributed by atoms with Crippen molar-refractivity contribution in [3.05, 3.63) is 35.9 Å². The monoisotopic (exact) mass is 253 g/mol. The smallest absolute Gasteiger partial charge is 0.227 e. The van der Waals surface area contributed by atoms with Gasteiger partial charge in [-0.2, -0.15) is 0 Å². The SMILES string of the molecule is CC(CCl)C(=O)N(Cc1ccccc1)C(C)C. The van der Waals surface area contributed by atoms with Crippen molar-refractivity contribution in [3.8, 4) is 0 Å². The zero-order chi connectivity index (χ0) is 12.8. The molecule has 1 aromatic rings. The minimum Gasteiger partial charge on any atom is -0.336 e. The third-order valence-electron chi connectivity index (χ3n) is 2.76. The number of hydrogen-bond acceptors (Lipinski definition) is 1. The third kappa shape index (κ3) is 4.04. The van der Waals surface area contributed by atoms with Gasteiger partial charge in [0.1, 0.15) is 0 Å². The Morgan fingerprint density at radius 3 is 2.29 bits per heavy atom. The lowest BCUT2D eigenvalue weighted by molar-refractivity contribution is -0.136. The molecule has 1 rings (SSSR count). The fraction of sp³-hybridized carbons (Fsp3) is 0.500. The lowest BCUT2D eigenvalue weighted by atomic mass is 10.1. The van der Waals surface area contributed by atoms with Crippen LogP contribution in [0.15, 0.2) is 30.3 Å². The highest BCUT2D eigenvalue weighted by atomic mass is 35.5. The maximum Gasteiger partial charge on any atom is 0.227 e. The van der Waals surface area contributed by atoms with Crippen molar-refractivity contribution < 1.29 is 4.79 Å². The van der Waals surface area contributed by atoms with E-state index in [4.69, 9.17) is 11.6 Å². The highest BCUT2D eigenvalue weighted by molar-refractivity contribution is 6.19. The molecule has 0 saturated carbocycles. The molecule has 1 aromatic carbocycles. The first-order valence-corrected chi connectivity index (χ1v) is 6.50. The third-order valence-corrected chi connectivity index (χ3v) is 3.22. The first-order chi connectivity index (χ1) is 8.06. The Morgan fingerprint density at radius 2 is 1.82 bits per heavy atom. The molecule has 3 heteroatoms. The van der Waals surface area contributed by atoms with Crippen molar-refractivity contribution in [1.82, 2.24) is 4.90 Å². The number of halogens is 1. The van der Waals surface area contributed by atoms with Crippen molar-refractivity contribution >= 4 is 17.5 Å². The lowest BCUT2D eigenvalue weighted by Crippen LogP contribution is -2.40. The van der Waals surface area contributed by atoms with Crippen molar-refractivity contribution in [2.24, 2.45) is 5.92 Å². The summed E-state index contributed by atoms with van der Waals surface area (Å²) in [6.07, 6.45) is 0. The van der Waals surface area contributed by atoms with Gasteiger partial charge in [-0.25, -0.2) is 0 Å². The van der Waals surface area contributed by atoms with E-state index in [1.807, 2.05) is 56.0 Å². The van der Waals surface area contributed by atoms with E-state index in [-0.39, 0.29) is 17.9 Å². The fourth-order valence-electron chi connectivity index (χ4n) is 1.64. The molecule has 0 aliphatic carbocycles. The Kier molecular flexibility index (Phi) is 5.49. The van der Waals surface area contributed by atoms with Crippen molar-refractivity contribution in [3.63, 3.8) is 0 Å². The van der Waals surface area contributed by atoms with Crippen LogP contribution in [0.5, 0.6) is 0 Å². The molecule has 0 N–H and O–H groups in total. The molecule has 0 saturated heterocycles. The second-order valence-electron chi connectivity index (χ2n) is 4.60. The maximum atomic E-state index is 12.2. The second kappa shape index (κ2) is 6.65. The number of hydrogen-bond donors (Lipinski definition) is 0. The van der Waals surface area contributed by atoms with E-state index in [0.717, 1.165) is 5.56 Å². The van der Waals surface area contributed by atoms with Crippen LogP contribution in [0.25, 0.3) is 0 Å². The molecule has 0 bridgehead atoms. The van der Waals surface area contributed by atoms with E-state index < -0.39 is 0 Å². The number of benzene rings is 1. The average Bonchev–Trinajstić information content (AvgIpc) is 2.35. The predicted molar refractivity (Wildman–Crippen MR) is 72.0 cm³/mol. The van der Waals surface area contributed by atoms with E-state index in [9.17, 15) is 4.79 Å². The van der Waals surface area contributed by atoms with E-state index in [1.165, 1.54) is 0 Å². The molecule has 1 atom stereocenters. The van der Waals surface area contributed by atoms with E-state index in [1.54, 1.807) is 0 Å². The Balaban J connectivity index is 2.77. The summed E-state index contributed by atoms with van der Waals surface area (Å²) in [6, 6.07) is 10.2. The number of amides is 1. The first kappa shape index (κ1) is 14.0. The van der Waals surface area contributed by atoms with Gasteiger partial charge in [0.05, 0.1) is 0 Å². The highest BCUT2D eigenvalue weighted by Gasteiger charge is 2.22. The summed E-state index contributed by atoms with van der Waals surface area (Å²) in [5.41, 5.74) is 1.15. The molecule has 1 amide bonds. The Hall–Kier alpha value is -1.02. The summed E-state index contributed by atoms with van der Waals surface area (Å²) in [5.74, 6) is 0.373. The molecule has 0 radical (unpaired) electrons. The first-order valence-electron chi connectivity index (χ1n) is 5.96. The largest absolute Gasteiger partial charge is 0.336 e. The van der Waals surface area contributed by atoms with E-state index in [2.05, 4.69) is 0 Å². The van der Waals surface area contributed by atoms with Gasteiger partial charge in [-0.1, -0.05) is 37.3 Å². The molecule has 17 heavy (non-hydrogen) atoms. The quantitative estimate of drug-likeness (QED) is 0.738. The van der Waals surface area contributed by atoms with Crippen LogP contribution in [0, 0.1) is 5.92 Å². The van der Waals surface area contributed by atoms with Gasteiger partial charge in [0.25, 0.3) is 0 Å². The minimum atomic E-state index is -0.122. The molecule has 0 heterocycles. The van der Waals surface area contributed by atoms with Gasteiger partial charge in [0.2, 0.25) is 5.91 Å². The normalized spacial score (nSPS) is 12.5. The van der Waals surface area contributed by atoms with Crippen LogP contribution in [-0.2, 0) is 11.3 Å². The lowest BCUT2D eigenvalue weighted by Gasteiger charge is -2.29. The van der Waals surface area contributed by atoms with Crippen LogP contribution >= 0.6 is 11.6 Å². The van der Waals surface area contributed by atoms with E-state index in [0.29, 0.717) is 12.4 Å². The maximum absolute atomic E-state index is 12.2. The summed E-state index contributed by atoms with van der Waals surface area (Å²) in [4.78, 5) is 14.0. The van der Waals surface area contributed by atoms with Crippen molar-refractivity contribution in [2.75, 3.05) is 5.88 Å². The van der Waals surface area contributed by atoms with Gasteiger partial charge in [0, 0.05) is 24.4 Å². The summed E-state index contributed by atoms with van der Waals surface area (Å²) in [7, 11) is 0. The number of nitrogens with zero attached hydrogens (tertiary/aromatic N) is 1. The molecule has 0 aromatic heterocycles. The van der Waals surface area contributed by atoms with Gasteiger partial charge in [0.15, 0.2) is 0 Å². The van der Waals surface area contributed by atoms with Crippen LogP contribution in [-0.4, -0.2) is 22.7 Å². The van der Waals surface area contributed by atoms with Crippen LogP contribution in [0.3, 0.4) is 0 Å². The van der Waals surface area contributed by atoms with Crippen LogP contribution in [0.4, 0.5) is 0 Å². The number of alkyl halides is 1. The minimum absolute atomic E-state index is 0.122. The van der Waals surface area contributed by atoms with Gasteiger partial charge in [-0.15, -0.1) is 11.6 Å². The predicted octanol–water partition coefficient (Wildman–Crippen LogP) is 3.30. The fourth-order valence-corrected chi connectivity index (χ4v) is 1.78. The van der Waals surface area contributed by atoms with Crippen molar-refractivity contribution in [2.45, 2.75) is 33.4 Å². The molecule has 2 nitrogen and oxygen atoms in total. The van der Waals surface area contributed by atoms with Gasteiger partial charge < -0.3 is 4.90 Å². The van der Waals surface area contributed by atoms with E-state index >= 15 is 0 Å². The molecule has 94 valence electrons. The summed E-state index contributed by atoms with van der Waals surface area (Å²) < 4.78 is 0. The van der Waals surface area contributed by atoms with Crippen LogP contribution in [0.2, 0.25) is 0 Å². The zero-order valence-electron chi connectivity index (χ0n) is 10.7. The molecular weight excluding hydrogens is 234 g/mol. The molecule has 0 aliphatic rings. The zero-order valence-corrected chi connectivity index (χ0v) is 11.4. The molecule has 0 spiro atoms. The molecule has 1 unspecified atom stereocenters. The molecular formula is C14H20ClNO. The summed E-state index contributed by atoms with van der Waals surface area (Å²) >= 11 is 5.75. The standard InChI is InChI=1S/C14H20ClNO/c1-11(2)16(14(17)12(3)9-15)10-13-7-5-4-6-8-13/h4-8,11-12H,9-10H2,1-3H3. The molecule has 0 fully saturated rings. The number of rotatable bonds is 5. The van der Waals surface area contributed by atoms with Crippen molar-refractivity contribution in [1.29, 1.82) is 0 Å². The highest BCUT2D eigenvalue weighted by Crippen LogP contribution is 2.13. The Labute approximate surface area is 109 Å². The number of carbonyl (C=O) groups is 1. The van der Waals surface area contributed by atoms with Gasteiger partial charge in [-0.3, -0.25) is 4.79 Å². The topological polar surface area (TPSA) is 20.3 Å². The summed E-state index contributed by atoms with van der Waals surface area (Å²) in [5, 5.41) is 0. The van der Waals surface area contributed by atoms with Crippen LogP contribution in [0.1, 0.15) is 26.3 Å². The Morgan fingerprint density at radius 1 is 1.24 bits per heavy atom. The number of carbonyl (C=O) groups excluding carboxylic acids is 1. The average molecular weight is 254 g/mol. The van der Waals surface area contributed by atoms with Gasteiger partial charge >= 0.3 is 0 Å². The second-order valence-corrected chi connectivity index (χ2v) is 4.91. The van der Waals surface area contributed by atoms with Gasteiger partial charge in [-0.05, 0) is 19.4 Å². The Bertz CT molecular complexity index is 350. The summed E-state index contributed by atoms with van der Waals surface area (Å²) in [6.45, 7) is 6.58. The molecule has 0 aliphatic heterocycles. The van der Waals surface area contributed by atoms with Crippen LogP contribution < -0.4 is 0 Å².